The van der Waals surface area contributed by atoms with Crippen molar-refractivity contribution >= 4 is 35.9 Å². The minimum absolute atomic E-state index is 0.430. The second-order valence-electron chi connectivity index (χ2n) is 5.38. The molecule has 0 heterocycles. The van der Waals surface area contributed by atoms with E-state index in [0.29, 0.717) is 5.04 Å². The third kappa shape index (κ3) is 2.40. The van der Waals surface area contributed by atoms with Crippen LogP contribution in [0.15, 0.2) is 24.3 Å². The van der Waals surface area contributed by atoms with Gasteiger partial charge in [0.15, 0.2) is 0 Å². The van der Waals surface area contributed by atoms with Crippen molar-refractivity contribution in [2.24, 2.45) is 0 Å². The van der Waals surface area contributed by atoms with Crippen molar-refractivity contribution in [3.05, 3.63) is 27.8 Å². The lowest BCUT2D eigenvalue weighted by atomic mass is 10.2. The molecule has 0 aliphatic heterocycles. The van der Waals surface area contributed by atoms with Crippen LogP contribution in [0.2, 0.25) is 18.1 Å². The molecule has 0 saturated carbocycles. The molecule has 0 unspecified atom stereocenters. The Bertz CT molecular complexity index is 306. The molecule has 78 valence electrons. The van der Waals surface area contributed by atoms with E-state index in [-0.39, 0.29) is 0 Å². The van der Waals surface area contributed by atoms with Gasteiger partial charge >= 0.3 is 0 Å². The minimum Gasteiger partial charge on any atom is -0.0651 e. The topological polar surface area (TPSA) is 0 Å². The molecule has 0 aromatic heterocycles. The Labute approximate surface area is 102 Å². The van der Waals surface area contributed by atoms with Gasteiger partial charge in [-0.25, -0.2) is 0 Å². The van der Waals surface area contributed by atoms with Gasteiger partial charge in [0.25, 0.3) is 0 Å². The van der Waals surface area contributed by atoms with Gasteiger partial charge in [0.2, 0.25) is 0 Å². The Morgan fingerprint density at radius 2 is 1.43 bits per heavy atom. The lowest BCUT2D eigenvalue weighted by molar-refractivity contribution is 0.729. The molecule has 0 N–H and O–H groups in total. The van der Waals surface area contributed by atoms with Crippen LogP contribution in [0.3, 0.4) is 0 Å². The van der Waals surface area contributed by atoms with Crippen molar-refractivity contribution in [1.82, 2.24) is 0 Å². The maximum absolute atomic E-state index is 2.45. The first-order valence-corrected chi connectivity index (χ1v) is 9.09. The second kappa shape index (κ2) is 3.97. The van der Waals surface area contributed by atoms with Gasteiger partial charge in [-0.3, -0.25) is 0 Å². The highest BCUT2D eigenvalue weighted by atomic mass is 127. The molecule has 0 bridgehead atoms. The quantitative estimate of drug-likeness (QED) is 0.542. The summed E-state index contributed by atoms with van der Waals surface area (Å²) in [7, 11) is -1.31. The summed E-state index contributed by atoms with van der Waals surface area (Å²) >= 11 is 2.36. The molecule has 1 aromatic carbocycles. The normalized spacial score (nSPS) is 13.0. The molecule has 0 spiro atoms. The predicted molar refractivity (Wildman–Crippen MR) is 76.0 cm³/mol. The summed E-state index contributed by atoms with van der Waals surface area (Å²) in [5.41, 5.74) is 0. The molecule has 0 fully saturated rings. The molecule has 2 heteroatoms. The lowest BCUT2D eigenvalue weighted by Gasteiger charge is -2.37. The van der Waals surface area contributed by atoms with Gasteiger partial charge in [0.1, 0.15) is 0 Å². The van der Waals surface area contributed by atoms with Crippen LogP contribution < -0.4 is 5.19 Å². The molecule has 0 amide bonds. The van der Waals surface area contributed by atoms with Crippen LogP contribution in [0.5, 0.6) is 0 Å². The van der Waals surface area contributed by atoms with E-state index in [2.05, 4.69) is 80.7 Å². The van der Waals surface area contributed by atoms with Crippen LogP contribution in [-0.2, 0) is 0 Å². The zero-order valence-corrected chi connectivity index (χ0v) is 12.8. The fourth-order valence-electron chi connectivity index (χ4n) is 1.30. The molecule has 0 atom stereocenters. The van der Waals surface area contributed by atoms with E-state index in [4.69, 9.17) is 0 Å². The minimum atomic E-state index is -1.31. The van der Waals surface area contributed by atoms with Crippen molar-refractivity contribution in [2.45, 2.75) is 38.9 Å². The van der Waals surface area contributed by atoms with Gasteiger partial charge in [0.05, 0.1) is 8.07 Å². The summed E-state index contributed by atoms with van der Waals surface area (Å²) in [5.74, 6) is 0. The smallest absolute Gasteiger partial charge is 0.0651 e. The van der Waals surface area contributed by atoms with Gasteiger partial charge in [-0.15, -0.1) is 0 Å². The largest absolute Gasteiger partial charge is 0.0859 e. The third-order valence-corrected chi connectivity index (χ3v) is 9.69. The second-order valence-corrected chi connectivity index (χ2v) is 12.0. The first-order chi connectivity index (χ1) is 6.25. The zero-order valence-electron chi connectivity index (χ0n) is 9.69. The van der Waals surface area contributed by atoms with E-state index in [1.807, 2.05) is 0 Å². The fraction of sp³-hybridized carbons (Fsp3) is 0.500. The highest BCUT2D eigenvalue weighted by molar-refractivity contribution is 14.1. The van der Waals surface area contributed by atoms with Crippen LogP contribution in [0.1, 0.15) is 20.8 Å². The Morgan fingerprint density at radius 3 is 1.79 bits per heavy atom. The van der Waals surface area contributed by atoms with Gasteiger partial charge in [-0.2, -0.15) is 0 Å². The predicted octanol–water partition coefficient (Wildman–Crippen LogP) is 4.01. The van der Waals surface area contributed by atoms with Gasteiger partial charge in [-0.05, 0) is 39.8 Å². The van der Waals surface area contributed by atoms with E-state index < -0.39 is 8.07 Å². The van der Waals surface area contributed by atoms with Crippen LogP contribution in [-0.4, -0.2) is 8.07 Å². The van der Waals surface area contributed by atoms with Crippen molar-refractivity contribution in [2.75, 3.05) is 0 Å². The SMILES string of the molecule is CC(C)(C)[Si](C)(C)c1ccc(I)cc1. The molecule has 0 aliphatic rings. The number of rotatable bonds is 1. The van der Waals surface area contributed by atoms with Crippen molar-refractivity contribution in [3.8, 4) is 0 Å². The van der Waals surface area contributed by atoms with Crippen molar-refractivity contribution < 1.29 is 0 Å². The first-order valence-electron chi connectivity index (χ1n) is 5.01. The Balaban J connectivity index is 3.10. The van der Waals surface area contributed by atoms with Crippen molar-refractivity contribution in [1.29, 1.82) is 0 Å². The highest BCUT2D eigenvalue weighted by Crippen LogP contribution is 2.35. The van der Waals surface area contributed by atoms with Gasteiger partial charge in [-0.1, -0.05) is 51.2 Å². The number of benzene rings is 1. The van der Waals surface area contributed by atoms with Gasteiger partial charge in [0, 0.05) is 3.57 Å². The molecule has 1 rings (SSSR count). The fourth-order valence-corrected chi connectivity index (χ4v) is 3.53. The number of hydrogen-bond donors (Lipinski definition) is 0. The molecule has 0 saturated heterocycles. The van der Waals surface area contributed by atoms with Crippen LogP contribution in [0.25, 0.3) is 0 Å². The summed E-state index contributed by atoms with van der Waals surface area (Å²) in [4.78, 5) is 0. The zero-order chi connectivity index (χ0) is 11.0. The monoisotopic (exact) mass is 318 g/mol. The third-order valence-electron chi connectivity index (χ3n) is 3.44. The number of halogens is 1. The summed E-state index contributed by atoms with van der Waals surface area (Å²) in [6.07, 6.45) is 0. The molecular weight excluding hydrogens is 299 g/mol. The highest BCUT2D eigenvalue weighted by Gasteiger charge is 2.36. The molecule has 0 nitrogen and oxygen atoms in total. The average Bonchev–Trinajstić information content (AvgIpc) is 2.03. The van der Waals surface area contributed by atoms with E-state index in [9.17, 15) is 0 Å². The summed E-state index contributed by atoms with van der Waals surface area (Å²) < 4.78 is 1.32. The van der Waals surface area contributed by atoms with Gasteiger partial charge < -0.3 is 0 Å². The standard InChI is InChI=1S/C12H19ISi/c1-12(2,3)14(4,5)11-8-6-10(13)7-9-11/h6-9H,1-5H3. The van der Waals surface area contributed by atoms with E-state index in [1.165, 1.54) is 3.57 Å². The van der Waals surface area contributed by atoms with Crippen molar-refractivity contribution in [3.63, 3.8) is 0 Å². The van der Waals surface area contributed by atoms with E-state index >= 15 is 0 Å². The molecule has 14 heavy (non-hydrogen) atoms. The Kier molecular flexibility index (Phi) is 3.47. The maximum Gasteiger partial charge on any atom is 0.0859 e. The molecule has 0 radical (unpaired) electrons. The summed E-state index contributed by atoms with van der Waals surface area (Å²) in [5, 5.41) is 1.99. The Hall–Kier alpha value is 0.167. The average molecular weight is 318 g/mol. The van der Waals surface area contributed by atoms with Crippen LogP contribution in [0, 0.1) is 3.57 Å². The molecular formula is C12H19ISi. The maximum atomic E-state index is 2.45. The van der Waals surface area contributed by atoms with E-state index in [0.717, 1.165) is 0 Å². The Morgan fingerprint density at radius 1 is 1.00 bits per heavy atom. The molecule has 1 aromatic rings. The van der Waals surface area contributed by atoms with Crippen LogP contribution in [0.4, 0.5) is 0 Å². The first kappa shape index (κ1) is 12.2. The van der Waals surface area contributed by atoms with Crippen LogP contribution >= 0.6 is 22.6 Å². The lowest BCUT2D eigenvalue weighted by Crippen LogP contribution is -2.49. The molecule has 0 aliphatic carbocycles. The van der Waals surface area contributed by atoms with E-state index in [1.54, 1.807) is 5.19 Å². The summed E-state index contributed by atoms with van der Waals surface area (Å²) in [6.45, 7) is 12.0. The number of hydrogen-bond acceptors (Lipinski definition) is 0. The summed E-state index contributed by atoms with van der Waals surface area (Å²) in [6, 6.07) is 9.05.